The van der Waals surface area contributed by atoms with Crippen LogP contribution in [-0.2, 0) is 21.1 Å². The normalized spacial score (nSPS) is 14.2. The number of hydrogen-bond donors (Lipinski definition) is 4. The predicted molar refractivity (Wildman–Crippen MR) is 139 cm³/mol. The number of halogens is 2. The van der Waals surface area contributed by atoms with E-state index >= 15 is 0 Å². The summed E-state index contributed by atoms with van der Waals surface area (Å²) >= 11 is 6.02. The number of carboxylic acids is 1. The van der Waals surface area contributed by atoms with Gasteiger partial charge >= 0.3 is 17.6 Å². The zero-order chi connectivity index (χ0) is 28.4. The highest BCUT2D eigenvalue weighted by atomic mass is 35.5. The van der Waals surface area contributed by atoms with Crippen molar-refractivity contribution in [1.82, 2.24) is 24.1 Å². The molecule has 1 aliphatic rings. The quantitative estimate of drug-likeness (QED) is 0.207. The zero-order valence-electron chi connectivity index (χ0n) is 20.8. The molecule has 208 valence electrons. The number of H-pyrrole nitrogens is 1. The minimum atomic E-state index is -1.04. The molecule has 1 saturated carbocycles. The van der Waals surface area contributed by atoms with Crippen LogP contribution in [0.1, 0.15) is 37.8 Å². The molecule has 0 atom stereocenters. The number of rotatable bonds is 10. The lowest BCUT2D eigenvalue weighted by Gasteiger charge is -2.08. The van der Waals surface area contributed by atoms with Gasteiger partial charge in [-0.25, -0.2) is 18.7 Å². The Balaban J connectivity index is 1.47. The van der Waals surface area contributed by atoms with Crippen molar-refractivity contribution in [3.05, 3.63) is 68.2 Å². The van der Waals surface area contributed by atoms with Crippen molar-refractivity contribution >= 4 is 46.8 Å². The lowest BCUT2D eigenvalue weighted by Crippen LogP contribution is -2.20. The van der Waals surface area contributed by atoms with Crippen molar-refractivity contribution in [2.24, 2.45) is 4.99 Å². The fourth-order valence-corrected chi connectivity index (χ4v) is 3.96. The number of esters is 1. The van der Waals surface area contributed by atoms with Gasteiger partial charge in [-0.05, 0) is 43.5 Å². The number of aromatic nitrogens is 5. The molecule has 4 aromatic rings. The second kappa shape index (κ2) is 11.2. The lowest BCUT2D eigenvalue weighted by atomic mass is 10.2. The number of nitrogens with one attached hydrogen (secondary N) is 2. The van der Waals surface area contributed by atoms with Crippen molar-refractivity contribution in [3.8, 4) is 5.88 Å². The van der Waals surface area contributed by atoms with Gasteiger partial charge in [-0.1, -0.05) is 11.6 Å². The Hall–Kier alpha value is -4.72. The van der Waals surface area contributed by atoms with E-state index in [0.29, 0.717) is 21.4 Å². The van der Waals surface area contributed by atoms with Crippen LogP contribution in [-0.4, -0.2) is 52.3 Å². The SMILES string of the molecule is O=C(O)CCCC(=O)OCn1c(O)c(/C=c2/cnn3c(=NC4CC4)cc(Nc4cc(Cl)ccc4F)nc23)[nH]c1=O. The number of anilines is 2. The van der Waals surface area contributed by atoms with Crippen LogP contribution >= 0.6 is 11.6 Å². The Kier molecular flexibility index (Phi) is 7.51. The third kappa shape index (κ3) is 6.12. The number of nitrogens with zero attached hydrogens (tertiary/aromatic N) is 5. The molecular weight excluding hydrogens is 549 g/mol. The van der Waals surface area contributed by atoms with E-state index in [-0.39, 0.29) is 42.5 Å². The number of benzene rings is 1. The highest BCUT2D eigenvalue weighted by molar-refractivity contribution is 6.30. The van der Waals surface area contributed by atoms with Gasteiger partial charge in [0.2, 0.25) is 5.88 Å². The average molecular weight is 572 g/mol. The van der Waals surface area contributed by atoms with Gasteiger partial charge in [0.05, 0.1) is 17.9 Å². The molecule has 13 nitrogen and oxygen atoms in total. The number of aliphatic carboxylic acids is 1. The molecule has 1 aromatic carbocycles. The van der Waals surface area contributed by atoms with Crippen molar-refractivity contribution < 1.29 is 28.9 Å². The number of hydrogen-bond acceptors (Lipinski definition) is 9. The van der Waals surface area contributed by atoms with Crippen LogP contribution in [0.4, 0.5) is 15.9 Å². The average Bonchev–Trinajstić information content (AvgIpc) is 3.56. The summed E-state index contributed by atoms with van der Waals surface area (Å²) in [5, 5.41) is 27.3. The number of carboxylic acid groups (broad SMARTS) is 1. The van der Waals surface area contributed by atoms with E-state index in [1.807, 2.05) is 0 Å². The fraction of sp³-hybridized carbons (Fsp3) is 0.280. The number of fused-ring (bicyclic) bond motifs is 1. The second-order valence-corrected chi connectivity index (χ2v) is 9.51. The van der Waals surface area contributed by atoms with E-state index in [9.17, 15) is 23.9 Å². The van der Waals surface area contributed by atoms with Gasteiger partial charge in [-0.2, -0.15) is 9.61 Å². The van der Waals surface area contributed by atoms with Crippen LogP contribution in [0.25, 0.3) is 11.7 Å². The maximum Gasteiger partial charge on any atom is 0.331 e. The summed E-state index contributed by atoms with van der Waals surface area (Å²) in [5.74, 6) is -2.51. The van der Waals surface area contributed by atoms with Crippen molar-refractivity contribution in [2.75, 3.05) is 5.32 Å². The Morgan fingerprint density at radius 3 is 2.85 bits per heavy atom. The minimum Gasteiger partial charge on any atom is -0.493 e. The van der Waals surface area contributed by atoms with Gasteiger partial charge in [0, 0.05) is 29.1 Å². The Morgan fingerprint density at radius 1 is 1.30 bits per heavy atom. The third-order valence-corrected chi connectivity index (χ3v) is 6.18. The highest BCUT2D eigenvalue weighted by Gasteiger charge is 2.21. The van der Waals surface area contributed by atoms with Crippen molar-refractivity contribution in [3.63, 3.8) is 0 Å². The molecule has 0 unspecified atom stereocenters. The number of aromatic amines is 1. The zero-order valence-corrected chi connectivity index (χ0v) is 21.6. The molecule has 5 rings (SSSR count). The summed E-state index contributed by atoms with van der Waals surface area (Å²) in [5.41, 5.74) is 0.161. The molecular formula is C25H23ClFN7O6. The van der Waals surface area contributed by atoms with Crippen LogP contribution in [0.2, 0.25) is 5.02 Å². The van der Waals surface area contributed by atoms with Gasteiger partial charge in [-0.15, -0.1) is 0 Å². The molecule has 0 saturated heterocycles. The van der Waals surface area contributed by atoms with E-state index in [1.54, 1.807) is 6.07 Å². The molecule has 0 spiro atoms. The standard InChI is InChI=1S/C25H23ClFN7O6/c26-14-4-7-16(27)17(9-14)30-19-10-20(29-15-5-6-15)34-23(32-19)13(11-28-34)8-18-24(38)33(25(39)31-18)12-40-22(37)3-1-2-21(35)36/h4,7-11,15,30,38H,1-3,5-6,12H2,(H,31,39)(H,35,36)/b13-8-,29-20?. The van der Waals surface area contributed by atoms with E-state index in [4.69, 9.17) is 21.4 Å². The lowest BCUT2D eigenvalue weighted by molar-refractivity contribution is -0.148. The fourth-order valence-electron chi connectivity index (χ4n) is 3.79. The molecule has 3 aromatic heterocycles. The molecule has 4 N–H and O–H groups in total. The second-order valence-electron chi connectivity index (χ2n) is 9.08. The van der Waals surface area contributed by atoms with Gasteiger partial charge in [0.25, 0.3) is 0 Å². The maximum absolute atomic E-state index is 14.4. The topological polar surface area (TPSA) is 176 Å². The molecule has 0 radical (unpaired) electrons. The Labute approximate surface area is 229 Å². The summed E-state index contributed by atoms with van der Waals surface area (Å²) in [4.78, 5) is 46.5. The summed E-state index contributed by atoms with van der Waals surface area (Å²) in [7, 11) is 0. The monoisotopic (exact) mass is 571 g/mol. The first-order valence-corrected chi connectivity index (χ1v) is 12.6. The minimum absolute atomic E-state index is 0.00329. The van der Waals surface area contributed by atoms with Crippen LogP contribution in [0.15, 0.2) is 40.2 Å². The van der Waals surface area contributed by atoms with E-state index in [0.717, 1.165) is 17.4 Å². The number of imidazole rings is 1. The number of carbonyl (C=O) groups is 2. The van der Waals surface area contributed by atoms with E-state index < -0.39 is 36.1 Å². The largest absolute Gasteiger partial charge is 0.493 e. The highest BCUT2D eigenvalue weighted by Crippen LogP contribution is 2.24. The van der Waals surface area contributed by atoms with E-state index in [1.165, 1.54) is 35.0 Å². The first-order valence-electron chi connectivity index (χ1n) is 12.2. The van der Waals surface area contributed by atoms with Crippen LogP contribution in [0.5, 0.6) is 5.88 Å². The van der Waals surface area contributed by atoms with Crippen LogP contribution in [0, 0.1) is 5.82 Å². The number of ether oxygens (including phenoxy) is 1. The van der Waals surface area contributed by atoms with Gasteiger partial charge < -0.3 is 25.3 Å². The third-order valence-electron chi connectivity index (χ3n) is 5.94. The van der Waals surface area contributed by atoms with Gasteiger partial charge in [0.1, 0.15) is 17.3 Å². The molecule has 0 aliphatic heterocycles. The van der Waals surface area contributed by atoms with Gasteiger partial charge in [-0.3, -0.25) is 14.6 Å². The summed E-state index contributed by atoms with van der Waals surface area (Å²) < 4.78 is 21.7. The van der Waals surface area contributed by atoms with Crippen molar-refractivity contribution in [1.29, 1.82) is 0 Å². The summed E-state index contributed by atoms with van der Waals surface area (Å²) in [6, 6.07) is 5.85. The van der Waals surface area contributed by atoms with Crippen molar-refractivity contribution in [2.45, 2.75) is 44.9 Å². The van der Waals surface area contributed by atoms with Gasteiger partial charge in [0.15, 0.2) is 17.9 Å². The summed E-state index contributed by atoms with van der Waals surface area (Å²) in [6.45, 7) is -0.572. The smallest absolute Gasteiger partial charge is 0.331 e. The predicted octanol–water partition coefficient (Wildman–Crippen LogP) is 1.83. The molecule has 0 bridgehead atoms. The van der Waals surface area contributed by atoms with Crippen LogP contribution < -0.4 is 21.7 Å². The first kappa shape index (κ1) is 26.9. The number of aromatic hydroxyl groups is 1. The van der Waals surface area contributed by atoms with Crippen LogP contribution in [0.3, 0.4) is 0 Å². The molecule has 1 aliphatic carbocycles. The van der Waals surface area contributed by atoms with E-state index in [2.05, 4.69) is 25.4 Å². The molecule has 15 heteroatoms. The Bertz CT molecular complexity index is 1790. The molecule has 40 heavy (non-hydrogen) atoms. The molecule has 3 heterocycles. The Morgan fingerprint density at radius 2 is 2.10 bits per heavy atom. The summed E-state index contributed by atoms with van der Waals surface area (Å²) in [6.07, 6.45) is 4.50. The maximum atomic E-state index is 14.4. The molecule has 1 fully saturated rings. The first-order chi connectivity index (χ1) is 19.2. The number of carbonyl (C=O) groups excluding carboxylic acids is 1. The molecule has 0 amide bonds.